The standard InChI is InChI=1S/C20H32O5/c1-2-3-8-12-17(21)13-9-6-4-5-7-10-14-18(22)19(23)15-11-16-20(24)25/h4-7,9-10,13-14,17-19,21-23H,2-3,8,11-12,15-16H2,1H3,(H,24,25)/b6-4-,7-5+,13-9+,14-10+/t17-,18+,19+/m0/s1. The average molecular weight is 352 g/mol. The first-order valence-electron chi connectivity index (χ1n) is 8.91. The van der Waals surface area contributed by atoms with E-state index < -0.39 is 24.3 Å². The van der Waals surface area contributed by atoms with Crippen molar-refractivity contribution >= 4 is 5.97 Å². The molecule has 0 saturated carbocycles. The molecule has 4 N–H and O–H groups in total. The highest BCUT2D eigenvalue weighted by atomic mass is 16.4. The van der Waals surface area contributed by atoms with Gasteiger partial charge in [-0.3, -0.25) is 4.79 Å². The minimum absolute atomic E-state index is 0.0149. The molecule has 0 spiro atoms. The topological polar surface area (TPSA) is 98.0 Å². The number of allylic oxidation sites excluding steroid dienone is 6. The molecule has 0 aliphatic rings. The summed E-state index contributed by atoms with van der Waals surface area (Å²) in [6.45, 7) is 2.13. The Bertz CT molecular complexity index is 451. The van der Waals surface area contributed by atoms with Crippen LogP contribution in [0.15, 0.2) is 48.6 Å². The van der Waals surface area contributed by atoms with Gasteiger partial charge in [0.05, 0.1) is 18.3 Å². The predicted octanol–water partition coefficient (Wildman–Crippen LogP) is 3.13. The van der Waals surface area contributed by atoms with Gasteiger partial charge in [0.2, 0.25) is 0 Å². The Kier molecular flexibility index (Phi) is 14.7. The van der Waals surface area contributed by atoms with Gasteiger partial charge in [-0.1, -0.05) is 74.8 Å². The van der Waals surface area contributed by atoms with Crippen molar-refractivity contribution in [3.05, 3.63) is 48.6 Å². The molecule has 25 heavy (non-hydrogen) atoms. The zero-order valence-corrected chi connectivity index (χ0v) is 15.0. The number of aliphatic hydroxyl groups is 3. The van der Waals surface area contributed by atoms with Crippen molar-refractivity contribution in [1.82, 2.24) is 0 Å². The lowest BCUT2D eigenvalue weighted by molar-refractivity contribution is -0.137. The summed E-state index contributed by atoms with van der Waals surface area (Å²) in [6, 6.07) is 0. The Labute approximate surface area is 150 Å². The summed E-state index contributed by atoms with van der Waals surface area (Å²) < 4.78 is 0. The summed E-state index contributed by atoms with van der Waals surface area (Å²) in [7, 11) is 0. The molecule has 0 amide bonds. The zero-order chi connectivity index (χ0) is 18.9. The van der Waals surface area contributed by atoms with Crippen LogP contribution in [-0.4, -0.2) is 44.7 Å². The SMILES string of the molecule is CCCCC[C@H](O)/C=C/C=C\C=C\C=C\[C@@H](O)[C@H](O)CCCC(=O)O. The molecule has 0 aromatic carbocycles. The molecule has 0 radical (unpaired) electrons. The second-order valence-electron chi connectivity index (χ2n) is 5.95. The zero-order valence-electron chi connectivity index (χ0n) is 15.0. The summed E-state index contributed by atoms with van der Waals surface area (Å²) in [6.07, 6.45) is 16.0. The van der Waals surface area contributed by atoms with Gasteiger partial charge in [0, 0.05) is 6.42 Å². The van der Waals surface area contributed by atoms with Gasteiger partial charge in [0.1, 0.15) is 0 Å². The number of rotatable bonds is 14. The van der Waals surface area contributed by atoms with E-state index in [2.05, 4.69) is 6.92 Å². The number of carboxylic acids is 1. The van der Waals surface area contributed by atoms with E-state index in [1.165, 1.54) is 6.08 Å². The number of carbonyl (C=O) groups is 1. The van der Waals surface area contributed by atoms with Gasteiger partial charge in [-0.15, -0.1) is 0 Å². The first kappa shape index (κ1) is 23.3. The number of aliphatic carboxylic acids is 1. The fourth-order valence-corrected chi connectivity index (χ4v) is 2.09. The quantitative estimate of drug-likeness (QED) is 0.284. The molecule has 5 heteroatoms. The highest BCUT2D eigenvalue weighted by molar-refractivity contribution is 5.66. The number of hydrogen-bond donors (Lipinski definition) is 4. The molecule has 0 aromatic heterocycles. The summed E-state index contributed by atoms with van der Waals surface area (Å²) >= 11 is 0. The van der Waals surface area contributed by atoms with Crippen LogP contribution in [0.25, 0.3) is 0 Å². The summed E-state index contributed by atoms with van der Waals surface area (Å²) in [4.78, 5) is 10.4. The van der Waals surface area contributed by atoms with Crippen molar-refractivity contribution in [2.45, 2.75) is 70.2 Å². The van der Waals surface area contributed by atoms with E-state index in [4.69, 9.17) is 5.11 Å². The van der Waals surface area contributed by atoms with Crippen molar-refractivity contribution in [1.29, 1.82) is 0 Å². The van der Waals surface area contributed by atoms with Crippen molar-refractivity contribution in [2.24, 2.45) is 0 Å². The van der Waals surface area contributed by atoms with E-state index in [1.54, 1.807) is 36.5 Å². The molecule has 0 bridgehead atoms. The van der Waals surface area contributed by atoms with Gasteiger partial charge in [0.25, 0.3) is 0 Å². The summed E-state index contributed by atoms with van der Waals surface area (Å²) in [5.41, 5.74) is 0. The maximum Gasteiger partial charge on any atom is 0.303 e. The number of hydrogen-bond acceptors (Lipinski definition) is 4. The molecule has 0 rings (SSSR count). The first-order chi connectivity index (χ1) is 12.0. The molecule has 0 aliphatic heterocycles. The van der Waals surface area contributed by atoms with Crippen LogP contribution in [0.5, 0.6) is 0 Å². The van der Waals surface area contributed by atoms with E-state index in [0.717, 1.165) is 25.7 Å². The fraction of sp³-hybridized carbons (Fsp3) is 0.550. The molecule has 0 unspecified atom stereocenters. The van der Waals surface area contributed by atoms with E-state index in [1.807, 2.05) is 6.08 Å². The molecule has 0 fully saturated rings. The Morgan fingerprint density at radius 2 is 1.44 bits per heavy atom. The third-order valence-corrected chi connectivity index (χ3v) is 3.59. The highest BCUT2D eigenvalue weighted by Crippen LogP contribution is 2.06. The number of aliphatic hydroxyl groups excluding tert-OH is 3. The first-order valence-corrected chi connectivity index (χ1v) is 8.91. The predicted molar refractivity (Wildman–Crippen MR) is 100 cm³/mol. The van der Waals surface area contributed by atoms with Crippen LogP contribution in [0.4, 0.5) is 0 Å². The molecule has 0 aliphatic carbocycles. The maximum absolute atomic E-state index is 10.4. The third-order valence-electron chi connectivity index (χ3n) is 3.59. The van der Waals surface area contributed by atoms with Gasteiger partial charge >= 0.3 is 5.97 Å². The van der Waals surface area contributed by atoms with Crippen molar-refractivity contribution in [2.75, 3.05) is 0 Å². The van der Waals surface area contributed by atoms with Crippen molar-refractivity contribution < 1.29 is 25.2 Å². The molecule has 0 aromatic rings. The molecular weight excluding hydrogens is 320 g/mol. The average Bonchev–Trinajstić information content (AvgIpc) is 2.56. The van der Waals surface area contributed by atoms with Crippen LogP contribution in [-0.2, 0) is 4.79 Å². The summed E-state index contributed by atoms with van der Waals surface area (Å²) in [5.74, 6) is -0.908. The van der Waals surface area contributed by atoms with Crippen molar-refractivity contribution in [3.63, 3.8) is 0 Å². The minimum Gasteiger partial charge on any atom is -0.481 e. The van der Waals surface area contributed by atoms with Crippen LogP contribution in [0.3, 0.4) is 0 Å². The fourth-order valence-electron chi connectivity index (χ4n) is 2.09. The Hall–Kier alpha value is -1.69. The van der Waals surface area contributed by atoms with E-state index in [0.29, 0.717) is 6.42 Å². The largest absolute Gasteiger partial charge is 0.481 e. The van der Waals surface area contributed by atoms with Gasteiger partial charge < -0.3 is 20.4 Å². The highest BCUT2D eigenvalue weighted by Gasteiger charge is 2.12. The lowest BCUT2D eigenvalue weighted by Gasteiger charge is -2.13. The lowest BCUT2D eigenvalue weighted by atomic mass is 10.1. The minimum atomic E-state index is -1.01. The normalized spacial score (nSPS) is 16.3. The van der Waals surface area contributed by atoms with Gasteiger partial charge in [-0.05, 0) is 19.3 Å². The number of unbranched alkanes of at least 4 members (excludes halogenated alkanes) is 2. The molecule has 142 valence electrons. The van der Waals surface area contributed by atoms with Crippen LogP contribution in [0, 0.1) is 0 Å². The molecule has 5 nitrogen and oxygen atoms in total. The van der Waals surface area contributed by atoms with E-state index >= 15 is 0 Å². The second kappa shape index (κ2) is 15.8. The van der Waals surface area contributed by atoms with Crippen LogP contribution in [0.2, 0.25) is 0 Å². The smallest absolute Gasteiger partial charge is 0.303 e. The molecule has 3 atom stereocenters. The monoisotopic (exact) mass is 352 g/mol. The van der Waals surface area contributed by atoms with Gasteiger partial charge in [-0.25, -0.2) is 0 Å². The molecular formula is C20H32O5. The van der Waals surface area contributed by atoms with Crippen molar-refractivity contribution in [3.8, 4) is 0 Å². The third kappa shape index (κ3) is 15.6. The second-order valence-corrected chi connectivity index (χ2v) is 5.95. The van der Waals surface area contributed by atoms with Crippen LogP contribution >= 0.6 is 0 Å². The van der Waals surface area contributed by atoms with Gasteiger partial charge in [-0.2, -0.15) is 0 Å². The maximum atomic E-state index is 10.4. The number of carboxylic acid groups (broad SMARTS) is 1. The van der Waals surface area contributed by atoms with E-state index in [9.17, 15) is 20.1 Å². The lowest BCUT2D eigenvalue weighted by Crippen LogP contribution is -2.23. The van der Waals surface area contributed by atoms with Crippen LogP contribution < -0.4 is 0 Å². The Morgan fingerprint density at radius 1 is 0.840 bits per heavy atom. The van der Waals surface area contributed by atoms with E-state index in [-0.39, 0.29) is 12.8 Å². The molecule has 0 heterocycles. The molecule has 0 saturated heterocycles. The Morgan fingerprint density at radius 3 is 2.04 bits per heavy atom. The van der Waals surface area contributed by atoms with Gasteiger partial charge in [0.15, 0.2) is 0 Å². The summed E-state index contributed by atoms with van der Waals surface area (Å²) in [5, 5.41) is 37.6. The van der Waals surface area contributed by atoms with Crippen LogP contribution in [0.1, 0.15) is 51.9 Å². The Balaban J connectivity index is 3.97.